The Bertz CT molecular complexity index is 1320. The minimum atomic E-state index is -4.39. The molecule has 0 unspecified atom stereocenters. The summed E-state index contributed by atoms with van der Waals surface area (Å²) < 4.78 is 50.1. The molecule has 1 saturated heterocycles. The lowest BCUT2D eigenvalue weighted by Crippen LogP contribution is -2.43. The Labute approximate surface area is 230 Å². The molecule has 0 aromatic heterocycles. The van der Waals surface area contributed by atoms with Crippen LogP contribution in [0.1, 0.15) is 28.7 Å². The van der Waals surface area contributed by atoms with Crippen LogP contribution in [0.15, 0.2) is 66.7 Å². The Morgan fingerprint density at radius 2 is 1.77 bits per heavy atom. The predicted octanol–water partition coefficient (Wildman–Crippen LogP) is 5.18. The smallest absolute Gasteiger partial charge is 0.416 e. The summed E-state index contributed by atoms with van der Waals surface area (Å²) in [7, 11) is 0. The fraction of sp³-hybridized carbons (Fsp3) is 0.345. The lowest BCUT2D eigenvalue weighted by atomic mass is 10.1. The van der Waals surface area contributed by atoms with Crippen LogP contribution in [-0.4, -0.2) is 42.8 Å². The number of rotatable bonds is 9. The fourth-order valence-corrected chi connectivity index (χ4v) is 5.25. The Morgan fingerprint density at radius 3 is 2.59 bits per heavy atom. The average molecular weight is 560 g/mol. The largest absolute Gasteiger partial charge is 0.454 e. The highest BCUT2D eigenvalue weighted by Crippen LogP contribution is 2.33. The number of nitrogens with one attached hydrogen (secondary N) is 2. The molecule has 2 aliphatic heterocycles. The molecular formula is C29H29ClF3N3O3. The van der Waals surface area contributed by atoms with E-state index in [-0.39, 0.29) is 31.3 Å². The number of alkyl halides is 3. The van der Waals surface area contributed by atoms with Crippen molar-refractivity contribution in [2.24, 2.45) is 0 Å². The van der Waals surface area contributed by atoms with E-state index in [1.807, 2.05) is 36.4 Å². The Morgan fingerprint density at radius 1 is 0.974 bits per heavy atom. The zero-order chi connectivity index (χ0) is 27.4. The van der Waals surface area contributed by atoms with Crippen LogP contribution in [0, 0.1) is 0 Å². The maximum Gasteiger partial charge on any atom is 0.416 e. The van der Waals surface area contributed by atoms with Gasteiger partial charge < -0.3 is 20.1 Å². The van der Waals surface area contributed by atoms with Crippen molar-refractivity contribution in [2.45, 2.75) is 44.2 Å². The number of carbonyl (C=O) groups is 1. The van der Waals surface area contributed by atoms with Gasteiger partial charge in [0.15, 0.2) is 11.5 Å². The third kappa shape index (κ3) is 7.03. The normalized spacial score (nSPS) is 18.9. The molecule has 2 N–H and O–H groups in total. The number of hydrogen-bond donors (Lipinski definition) is 2. The lowest BCUT2D eigenvalue weighted by Gasteiger charge is -2.23. The monoisotopic (exact) mass is 559 g/mol. The zero-order valence-corrected chi connectivity index (χ0v) is 21.9. The molecule has 0 aliphatic carbocycles. The quantitative estimate of drug-likeness (QED) is 0.378. The molecule has 2 heterocycles. The summed E-state index contributed by atoms with van der Waals surface area (Å²) in [5, 5.41) is 7.03. The minimum absolute atomic E-state index is 0.0664. The van der Waals surface area contributed by atoms with Gasteiger partial charge in [0, 0.05) is 37.2 Å². The number of ether oxygens (including phenoxy) is 2. The van der Waals surface area contributed by atoms with Gasteiger partial charge in [-0.2, -0.15) is 13.2 Å². The van der Waals surface area contributed by atoms with Crippen molar-refractivity contribution in [1.82, 2.24) is 15.5 Å². The van der Waals surface area contributed by atoms with Gasteiger partial charge in [-0.15, -0.1) is 0 Å². The van der Waals surface area contributed by atoms with E-state index in [2.05, 4.69) is 15.5 Å². The van der Waals surface area contributed by atoms with E-state index in [0.717, 1.165) is 23.3 Å². The van der Waals surface area contributed by atoms with E-state index in [1.165, 1.54) is 6.07 Å². The standard InChI is InChI=1S/C29H29ClF3N3O3/c30-23-6-2-4-21(12-23)16-36-17-24(35-15-20-3-1-5-22(11-20)29(31,32)33)14-25(36)28(37)34-10-9-19-7-8-26-27(13-19)39-18-38-26/h1-8,11-13,24-25,35H,9-10,14-18H2,(H,34,37)/t24-,25-/m0/s1. The topological polar surface area (TPSA) is 62.8 Å². The van der Waals surface area contributed by atoms with Gasteiger partial charge in [-0.3, -0.25) is 9.69 Å². The van der Waals surface area contributed by atoms with Gasteiger partial charge in [0.1, 0.15) is 0 Å². The molecule has 3 aromatic rings. The van der Waals surface area contributed by atoms with Gasteiger partial charge in [-0.1, -0.05) is 48.0 Å². The number of fused-ring (bicyclic) bond motifs is 1. The van der Waals surface area contributed by atoms with Gasteiger partial charge in [0.2, 0.25) is 12.7 Å². The van der Waals surface area contributed by atoms with Gasteiger partial charge in [-0.25, -0.2) is 0 Å². The Hall–Kier alpha value is -3.27. The van der Waals surface area contributed by atoms with E-state index in [4.69, 9.17) is 21.1 Å². The highest BCUT2D eigenvalue weighted by atomic mass is 35.5. The summed E-state index contributed by atoms with van der Waals surface area (Å²) in [5.74, 6) is 1.34. The zero-order valence-electron chi connectivity index (χ0n) is 21.1. The summed E-state index contributed by atoms with van der Waals surface area (Å²) in [6, 6.07) is 18.1. The molecule has 39 heavy (non-hydrogen) atoms. The molecule has 3 aromatic carbocycles. The molecule has 0 bridgehead atoms. The van der Waals surface area contributed by atoms with Crippen molar-refractivity contribution in [2.75, 3.05) is 19.9 Å². The highest BCUT2D eigenvalue weighted by Gasteiger charge is 2.36. The van der Waals surface area contributed by atoms with Crippen LogP contribution in [0.25, 0.3) is 0 Å². The number of likely N-dealkylation sites (tertiary alicyclic amines) is 1. The first kappa shape index (κ1) is 27.3. The molecule has 6 nitrogen and oxygen atoms in total. The van der Waals surface area contributed by atoms with Crippen molar-refractivity contribution in [3.05, 3.63) is 94.0 Å². The van der Waals surface area contributed by atoms with Crippen LogP contribution in [0.2, 0.25) is 5.02 Å². The summed E-state index contributed by atoms with van der Waals surface area (Å²) in [6.07, 6.45) is -3.21. The van der Waals surface area contributed by atoms with Crippen LogP contribution in [0.5, 0.6) is 11.5 Å². The van der Waals surface area contributed by atoms with Crippen LogP contribution in [-0.2, 0) is 30.5 Å². The molecule has 206 valence electrons. The molecule has 0 spiro atoms. The first-order valence-electron chi connectivity index (χ1n) is 12.8. The van der Waals surface area contributed by atoms with Crippen LogP contribution < -0.4 is 20.1 Å². The maximum atomic E-state index is 13.3. The number of hydrogen-bond acceptors (Lipinski definition) is 5. The van der Waals surface area contributed by atoms with E-state index >= 15 is 0 Å². The van der Waals surface area contributed by atoms with Crippen LogP contribution in [0.3, 0.4) is 0 Å². The second kappa shape index (κ2) is 11.9. The summed E-state index contributed by atoms with van der Waals surface area (Å²) >= 11 is 6.18. The lowest BCUT2D eigenvalue weighted by molar-refractivity contribution is -0.137. The van der Waals surface area contributed by atoms with Crippen LogP contribution >= 0.6 is 11.6 Å². The Kier molecular flexibility index (Phi) is 8.30. The second-order valence-electron chi connectivity index (χ2n) is 9.82. The third-order valence-corrected chi connectivity index (χ3v) is 7.21. The van der Waals surface area contributed by atoms with E-state index in [1.54, 1.807) is 12.1 Å². The van der Waals surface area contributed by atoms with Crippen molar-refractivity contribution < 1.29 is 27.4 Å². The second-order valence-corrected chi connectivity index (χ2v) is 10.3. The molecule has 0 saturated carbocycles. The van der Waals surface area contributed by atoms with E-state index in [9.17, 15) is 18.0 Å². The van der Waals surface area contributed by atoms with Gasteiger partial charge in [-0.05, 0) is 59.9 Å². The number of benzene rings is 3. The van der Waals surface area contributed by atoms with Crippen molar-refractivity contribution in [3.8, 4) is 11.5 Å². The number of nitrogens with zero attached hydrogens (tertiary/aromatic N) is 1. The van der Waals surface area contributed by atoms with E-state index < -0.39 is 11.7 Å². The molecule has 1 amide bonds. The SMILES string of the molecule is O=C(NCCc1ccc2c(c1)OCO2)[C@@H]1C[C@H](NCc2cccc(C(F)(F)F)c2)CN1Cc1cccc(Cl)c1. The van der Waals surface area contributed by atoms with Crippen LogP contribution in [0.4, 0.5) is 13.2 Å². The third-order valence-electron chi connectivity index (χ3n) is 6.98. The fourth-order valence-electron chi connectivity index (χ4n) is 5.03. The predicted molar refractivity (Wildman–Crippen MR) is 142 cm³/mol. The van der Waals surface area contributed by atoms with Gasteiger partial charge >= 0.3 is 6.18 Å². The molecule has 1 fully saturated rings. The number of carbonyl (C=O) groups excluding carboxylic acids is 1. The first-order valence-corrected chi connectivity index (χ1v) is 13.2. The summed E-state index contributed by atoms with van der Waals surface area (Å²) in [4.78, 5) is 15.4. The molecule has 10 heteroatoms. The van der Waals surface area contributed by atoms with Crippen molar-refractivity contribution >= 4 is 17.5 Å². The van der Waals surface area contributed by atoms with Crippen molar-refractivity contribution in [3.63, 3.8) is 0 Å². The van der Waals surface area contributed by atoms with Gasteiger partial charge in [0.05, 0.1) is 11.6 Å². The Balaban J connectivity index is 1.21. The molecule has 0 radical (unpaired) electrons. The number of amides is 1. The number of halogens is 4. The maximum absolute atomic E-state index is 13.3. The average Bonchev–Trinajstić information content (AvgIpc) is 3.54. The molecular weight excluding hydrogens is 531 g/mol. The minimum Gasteiger partial charge on any atom is -0.454 e. The van der Waals surface area contributed by atoms with Gasteiger partial charge in [0.25, 0.3) is 0 Å². The van der Waals surface area contributed by atoms with E-state index in [0.29, 0.717) is 54.6 Å². The molecule has 5 rings (SSSR count). The molecule has 2 atom stereocenters. The first-order chi connectivity index (χ1) is 18.7. The highest BCUT2D eigenvalue weighted by molar-refractivity contribution is 6.30. The summed E-state index contributed by atoms with van der Waals surface area (Å²) in [5.41, 5.74) is 1.89. The molecule has 2 aliphatic rings. The van der Waals surface area contributed by atoms with Crippen molar-refractivity contribution in [1.29, 1.82) is 0 Å². The summed E-state index contributed by atoms with van der Waals surface area (Å²) in [6.45, 7) is 2.05.